The van der Waals surface area contributed by atoms with Crippen LogP contribution in [0.25, 0.3) is 104 Å². The van der Waals surface area contributed by atoms with Crippen LogP contribution in [0.3, 0.4) is 0 Å². The van der Waals surface area contributed by atoms with Crippen LogP contribution in [0.1, 0.15) is 0 Å². The van der Waals surface area contributed by atoms with Crippen LogP contribution in [0.5, 0.6) is 0 Å². The minimum absolute atomic E-state index is 1.08. The molecule has 318 valence electrons. The molecular weight excluding hydrogens is 821 g/mol. The smallest absolute Gasteiger partial charge is 0.0546 e. The summed E-state index contributed by atoms with van der Waals surface area (Å²) in [4.78, 5) is 2.49. The lowest BCUT2D eigenvalue weighted by molar-refractivity contribution is 1.18. The Balaban J connectivity index is 1.06. The van der Waals surface area contributed by atoms with Crippen LogP contribution in [0.2, 0.25) is 0 Å². The maximum atomic E-state index is 2.49. The third-order valence-corrected chi connectivity index (χ3v) is 13.8. The highest BCUT2D eigenvalue weighted by Crippen LogP contribution is 2.47. The zero-order valence-corrected chi connectivity index (χ0v) is 37.3. The average Bonchev–Trinajstić information content (AvgIpc) is 3.75. The third kappa shape index (κ3) is 6.65. The summed E-state index contributed by atoms with van der Waals surface area (Å²) in [6, 6.07) is 97.8. The molecule has 0 aliphatic carbocycles. The van der Waals surface area contributed by atoms with Gasteiger partial charge in [-0.05, 0) is 109 Å². The minimum Gasteiger partial charge on any atom is -0.309 e. The summed E-state index contributed by atoms with van der Waals surface area (Å²) >= 11 is 0. The van der Waals surface area contributed by atoms with Crippen LogP contribution in [0.4, 0.5) is 17.1 Å². The highest BCUT2D eigenvalue weighted by Gasteiger charge is 2.23. The molecule has 0 fully saturated rings. The van der Waals surface area contributed by atoms with Crippen molar-refractivity contribution in [3.05, 3.63) is 267 Å². The van der Waals surface area contributed by atoms with E-state index in [0.29, 0.717) is 0 Å². The number of rotatable bonds is 8. The van der Waals surface area contributed by atoms with Gasteiger partial charge in [0.15, 0.2) is 0 Å². The van der Waals surface area contributed by atoms with Gasteiger partial charge in [0.1, 0.15) is 0 Å². The van der Waals surface area contributed by atoms with Crippen LogP contribution in [0.15, 0.2) is 267 Å². The van der Waals surface area contributed by atoms with Gasteiger partial charge in [-0.25, -0.2) is 0 Å². The fraction of sp³-hybridized carbons (Fsp3) is 0. The molecule has 0 aliphatic rings. The van der Waals surface area contributed by atoms with Gasteiger partial charge < -0.3 is 9.47 Å². The molecule has 13 rings (SSSR count). The highest BCUT2D eigenvalue weighted by molar-refractivity contribution is 6.11. The van der Waals surface area contributed by atoms with Gasteiger partial charge in [-0.2, -0.15) is 0 Å². The lowest BCUT2D eigenvalue weighted by Crippen LogP contribution is -2.12. The Morgan fingerprint density at radius 2 is 0.779 bits per heavy atom. The molecule has 0 unspecified atom stereocenters. The lowest BCUT2D eigenvalue weighted by atomic mass is 9.93. The van der Waals surface area contributed by atoms with E-state index in [1.54, 1.807) is 0 Å². The first-order valence-corrected chi connectivity index (χ1v) is 23.4. The van der Waals surface area contributed by atoms with Gasteiger partial charge >= 0.3 is 0 Å². The highest BCUT2D eigenvalue weighted by atomic mass is 15.1. The zero-order chi connectivity index (χ0) is 45.0. The maximum absolute atomic E-state index is 2.49. The molecule has 1 heterocycles. The van der Waals surface area contributed by atoms with Crippen LogP contribution >= 0.6 is 0 Å². The SMILES string of the molecule is c1ccc(-c2ccc(-c3ccccc3N(c3cccc(-c4cccc5ccccc45)c3)c3ccc(-c4ccc5ccccc5c4)c4ccccc34)cc2-n2c3ccccc3c3ccccc32)cc1. The quantitative estimate of drug-likeness (QED) is 0.148. The molecule has 2 nitrogen and oxygen atoms in total. The van der Waals surface area contributed by atoms with E-state index in [4.69, 9.17) is 0 Å². The molecule has 0 amide bonds. The number of nitrogens with zero attached hydrogens (tertiary/aromatic N) is 2. The minimum atomic E-state index is 1.08. The van der Waals surface area contributed by atoms with Crippen molar-refractivity contribution >= 4 is 71.2 Å². The molecule has 0 atom stereocenters. The molecule has 2 heteroatoms. The summed E-state index contributed by atoms with van der Waals surface area (Å²) < 4.78 is 2.46. The summed E-state index contributed by atoms with van der Waals surface area (Å²) in [5.41, 5.74) is 16.2. The normalized spacial score (nSPS) is 11.5. The Bertz CT molecular complexity index is 3990. The van der Waals surface area contributed by atoms with E-state index >= 15 is 0 Å². The topological polar surface area (TPSA) is 8.17 Å². The van der Waals surface area contributed by atoms with Gasteiger partial charge in [0.05, 0.1) is 28.1 Å². The van der Waals surface area contributed by atoms with Crippen molar-refractivity contribution in [3.63, 3.8) is 0 Å². The molecule has 0 aliphatic heterocycles. The zero-order valence-electron chi connectivity index (χ0n) is 37.3. The fourth-order valence-electron chi connectivity index (χ4n) is 10.6. The standard InChI is InChI=1S/C66H44N2/c1-2-19-47(20-3-1)57-39-38-51(44-66(57)68-63-34-14-11-30-60(63)61-31-12-15-35-64(61)68)56-27-10-13-33-62(56)67(52-25-16-24-49(43-52)54-32-17-23-46-21-6-7-26-53(46)54)65-41-40-55(58-28-8-9-29-59(58)65)50-37-36-45-18-4-5-22-48(45)42-50/h1-44H. The second-order valence-corrected chi connectivity index (χ2v) is 17.6. The van der Waals surface area contributed by atoms with Crippen LogP contribution < -0.4 is 4.90 Å². The summed E-state index contributed by atoms with van der Waals surface area (Å²) in [5.74, 6) is 0. The average molecular weight is 865 g/mol. The van der Waals surface area contributed by atoms with E-state index < -0.39 is 0 Å². The molecule has 0 N–H and O–H groups in total. The molecule has 68 heavy (non-hydrogen) atoms. The molecule has 12 aromatic carbocycles. The summed E-state index contributed by atoms with van der Waals surface area (Å²) in [5, 5.41) is 9.80. The first-order chi connectivity index (χ1) is 33.7. The van der Waals surface area contributed by atoms with Crippen LogP contribution in [0, 0.1) is 0 Å². The van der Waals surface area contributed by atoms with E-state index in [-0.39, 0.29) is 0 Å². The second-order valence-electron chi connectivity index (χ2n) is 17.6. The largest absolute Gasteiger partial charge is 0.309 e. The van der Waals surface area contributed by atoms with E-state index in [2.05, 4.69) is 276 Å². The van der Waals surface area contributed by atoms with E-state index in [1.807, 2.05) is 0 Å². The van der Waals surface area contributed by atoms with Crippen molar-refractivity contribution < 1.29 is 0 Å². The summed E-state index contributed by atoms with van der Waals surface area (Å²) in [6.07, 6.45) is 0. The van der Waals surface area contributed by atoms with Gasteiger partial charge in [-0.3, -0.25) is 0 Å². The summed E-state index contributed by atoms with van der Waals surface area (Å²) in [6.45, 7) is 0. The second kappa shape index (κ2) is 16.5. The van der Waals surface area contributed by atoms with E-state index in [1.165, 1.54) is 87.5 Å². The van der Waals surface area contributed by atoms with E-state index in [0.717, 1.165) is 33.9 Å². The number of benzene rings is 12. The molecular formula is C66H44N2. The van der Waals surface area contributed by atoms with Gasteiger partial charge in [0, 0.05) is 33.0 Å². The molecule has 13 aromatic rings. The molecule has 0 spiro atoms. The molecule has 1 aromatic heterocycles. The van der Waals surface area contributed by atoms with Crippen molar-refractivity contribution in [2.24, 2.45) is 0 Å². The first kappa shape index (κ1) is 39.4. The molecule has 0 saturated heterocycles. The molecule has 0 bridgehead atoms. The van der Waals surface area contributed by atoms with Gasteiger partial charge in [-0.1, -0.05) is 218 Å². The number of aromatic nitrogens is 1. The maximum Gasteiger partial charge on any atom is 0.0546 e. The fourth-order valence-corrected chi connectivity index (χ4v) is 10.6. The van der Waals surface area contributed by atoms with Crippen LogP contribution in [-0.2, 0) is 0 Å². The first-order valence-electron chi connectivity index (χ1n) is 23.4. The Hall–Kier alpha value is -8.98. The predicted octanol–water partition coefficient (Wildman–Crippen LogP) is 18.4. The summed E-state index contributed by atoms with van der Waals surface area (Å²) in [7, 11) is 0. The number of fused-ring (bicyclic) bond motifs is 6. The number of hydrogen-bond donors (Lipinski definition) is 0. The van der Waals surface area contributed by atoms with Crippen molar-refractivity contribution in [2.75, 3.05) is 4.90 Å². The van der Waals surface area contributed by atoms with E-state index in [9.17, 15) is 0 Å². The van der Waals surface area contributed by atoms with Crippen molar-refractivity contribution in [3.8, 4) is 50.2 Å². The lowest BCUT2D eigenvalue weighted by Gasteiger charge is -2.30. The van der Waals surface area contributed by atoms with Gasteiger partial charge in [0.2, 0.25) is 0 Å². The Labute approximate surface area is 395 Å². The van der Waals surface area contributed by atoms with Crippen molar-refractivity contribution in [2.45, 2.75) is 0 Å². The van der Waals surface area contributed by atoms with Crippen molar-refractivity contribution in [1.82, 2.24) is 4.57 Å². The monoisotopic (exact) mass is 864 g/mol. The van der Waals surface area contributed by atoms with Crippen LogP contribution in [-0.4, -0.2) is 4.57 Å². The number of hydrogen-bond acceptors (Lipinski definition) is 1. The molecule has 0 radical (unpaired) electrons. The Kier molecular flexibility index (Phi) is 9.54. The van der Waals surface area contributed by atoms with Gasteiger partial charge in [0.25, 0.3) is 0 Å². The Morgan fingerprint density at radius 1 is 0.250 bits per heavy atom. The third-order valence-electron chi connectivity index (χ3n) is 13.8. The molecule has 0 saturated carbocycles. The van der Waals surface area contributed by atoms with Gasteiger partial charge in [-0.15, -0.1) is 0 Å². The van der Waals surface area contributed by atoms with Crippen molar-refractivity contribution in [1.29, 1.82) is 0 Å². The predicted molar refractivity (Wildman–Crippen MR) is 290 cm³/mol. The Morgan fingerprint density at radius 3 is 1.59 bits per heavy atom. The number of para-hydroxylation sites is 3. The number of anilines is 3.